The first-order valence-corrected chi connectivity index (χ1v) is 15.2. The minimum Gasteiger partial charge on any atom is -0.484 e. The Kier molecular flexibility index (Phi) is 7.87. The van der Waals surface area contributed by atoms with Gasteiger partial charge >= 0.3 is 10.8 Å². The van der Waals surface area contributed by atoms with Crippen LogP contribution < -0.4 is 19.8 Å². The van der Waals surface area contributed by atoms with Gasteiger partial charge in [-0.1, -0.05) is 53.4 Å². The summed E-state index contributed by atoms with van der Waals surface area (Å²) >= 11 is 2.24. The molecule has 1 fully saturated rings. The van der Waals surface area contributed by atoms with E-state index in [9.17, 15) is 24.0 Å². The van der Waals surface area contributed by atoms with Crippen molar-refractivity contribution in [2.75, 3.05) is 23.4 Å². The molecule has 1 saturated heterocycles. The molecular formula is C31H25N3O7S2. The van der Waals surface area contributed by atoms with Gasteiger partial charge in [0, 0.05) is 16.5 Å². The molecule has 0 spiro atoms. The summed E-state index contributed by atoms with van der Waals surface area (Å²) in [6.45, 7) is 1.70. The number of aromatic nitrogens is 1. The van der Waals surface area contributed by atoms with E-state index in [-0.39, 0.29) is 29.9 Å². The second-order valence-electron chi connectivity index (χ2n) is 9.80. The van der Waals surface area contributed by atoms with E-state index in [1.54, 1.807) is 73.7 Å². The van der Waals surface area contributed by atoms with Crippen molar-refractivity contribution in [3.63, 3.8) is 0 Å². The van der Waals surface area contributed by atoms with E-state index in [2.05, 4.69) is 10.3 Å². The number of amides is 3. The molecule has 3 atom stereocenters. The van der Waals surface area contributed by atoms with Gasteiger partial charge in [0.25, 0.3) is 5.91 Å². The van der Waals surface area contributed by atoms with Crippen molar-refractivity contribution in [1.82, 2.24) is 4.98 Å². The van der Waals surface area contributed by atoms with Crippen LogP contribution in [0.1, 0.15) is 33.6 Å². The van der Waals surface area contributed by atoms with Crippen molar-refractivity contribution >= 4 is 58.2 Å². The summed E-state index contributed by atoms with van der Waals surface area (Å²) < 4.78 is 10.8. The molecule has 3 aromatic carbocycles. The standard InChI is InChI=1S/C31H25N3O7S2/c1-2-40-30(38)17-11-13-19(14-12-17)32-22(35)16-41-21-10-6-7-18(15-21)23-24-26(42-27-25(23)43-31(39)33-27)29(37)34(28(24)36)20-8-4-3-5-9-20/h3-15,23-24,26H,2,16H2,1H3,(H,32,35)(H,33,39). The summed E-state index contributed by atoms with van der Waals surface area (Å²) in [4.78, 5) is 68.6. The third-order valence-electron chi connectivity index (χ3n) is 7.11. The Balaban J connectivity index is 1.21. The van der Waals surface area contributed by atoms with Crippen LogP contribution in [0.15, 0.2) is 88.7 Å². The Hall–Kier alpha value is -4.68. The van der Waals surface area contributed by atoms with Gasteiger partial charge in [0.1, 0.15) is 11.0 Å². The predicted octanol–water partition coefficient (Wildman–Crippen LogP) is 4.43. The number of ether oxygens (including phenoxy) is 2. The molecule has 218 valence electrons. The number of aromatic amines is 1. The average Bonchev–Trinajstić information content (AvgIpc) is 3.51. The van der Waals surface area contributed by atoms with Gasteiger partial charge in [-0.05, 0) is 61.0 Å². The van der Waals surface area contributed by atoms with E-state index in [1.807, 2.05) is 12.1 Å². The van der Waals surface area contributed by atoms with Crippen molar-refractivity contribution in [2.24, 2.45) is 5.92 Å². The first-order chi connectivity index (χ1) is 20.8. The molecular weight excluding hydrogens is 590 g/mol. The number of para-hydroxylation sites is 1. The number of carbonyl (C=O) groups excluding carboxylic acids is 4. The lowest BCUT2D eigenvalue weighted by atomic mass is 9.83. The van der Waals surface area contributed by atoms with Crippen molar-refractivity contribution in [3.05, 3.63) is 105 Å². The zero-order valence-electron chi connectivity index (χ0n) is 22.8. The zero-order valence-corrected chi connectivity index (χ0v) is 24.4. The second kappa shape index (κ2) is 11.9. The van der Waals surface area contributed by atoms with Gasteiger partial charge in [0.05, 0.1) is 28.8 Å². The number of anilines is 2. The van der Waals surface area contributed by atoms with Gasteiger partial charge in [-0.2, -0.15) is 0 Å². The highest BCUT2D eigenvalue weighted by Crippen LogP contribution is 2.53. The maximum absolute atomic E-state index is 13.8. The highest BCUT2D eigenvalue weighted by molar-refractivity contribution is 8.00. The van der Waals surface area contributed by atoms with Crippen LogP contribution in [0.3, 0.4) is 0 Å². The van der Waals surface area contributed by atoms with E-state index in [4.69, 9.17) is 9.47 Å². The largest absolute Gasteiger partial charge is 0.484 e. The Morgan fingerprint density at radius 1 is 0.953 bits per heavy atom. The first kappa shape index (κ1) is 28.4. The van der Waals surface area contributed by atoms with Crippen molar-refractivity contribution in [1.29, 1.82) is 0 Å². The first-order valence-electron chi connectivity index (χ1n) is 13.5. The summed E-state index contributed by atoms with van der Waals surface area (Å²) in [7, 11) is 0. The molecule has 12 heteroatoms. The number of nitrogens with one attached hydrogen (secondary N) is 2. The molecule has 10 nitrogen and oxygen atoms in total. The Morgan fingerprint density at radius 3 is 2.47 bits per heavy atom. The smallest absolute Gasteiger partial charge is 0.338 e. The molecule has 3 amide bonds. The molecule has 0 saturated carbocycles. The highest BCUT2D eigenvalue weighted by Gasteiger charge is 2.56. The number of fused-ring (bicyclic) bond motifs is 2. The van der Waals surface area contributed by atoms with Crippen LogP contribution in [0.25, 0.3) is 0 Å². The molecule has 0 aliphatic carbocycles. The predicted molar refractivity (Wildman–Crippen MR) is 162 cm³/mol. The van der Waals surface area contributed by atoms with Crippen LogP contribution in [0.4, 0.5) is 11.4 Å². The van der Waals surface area contributed by atoms with E-state index < -0.39 is 29.0 Å². The van der Waals surface area contributed by atoms with Crippen LogP contribution in [-0.4, -0.2) is 47.1 Å². The summed E-state index contributed by atoms with van der Waals surface area (Å²) in [5, 5.41) is 2.59. The van der Waals surface area contributed by atoms with E-state index in [0.717, 1.165) is 11.3 Å². The third kappa shape index (κ3) is 5.58. The lowest BCUT2D eigenvalue weighted by Gasteiger charge is -2.30. The topological polar surface area (TPSA) is 135 Å². The molecule has 6 rings (SSSR count). The maximum atomic E-state index is 13.8. The van der Waals surface area contributed by atoms with Crippen LogP contribution in [0.5, 0.6) is 5.75 Å². The fraction of sp³-hybridized carbons (Fsp3) is 0.194. The summed E-state index contributed by atoms with van der Waals surface area (Å²) in [6, 6.07) is 22.1. The number of H-pyrrole nitrogens is 1. The highest BCUT2D eigenvalue weighted by atomic mass is 32.2. The van der Waals surface area contributed by atoms with Crippen molar-refractivity contribution < 1.29 is 28.7 Å². The van der Waals surface area contributed by atoms with E-state index in [1.165, 1.54) is 16.7 Å². The molecule has 0 radical (unpaired) electrons. The molecule has 2 aliphatic rings. The Bertz CT molecular complexity index is 1770. The van der Waals surface area contributed by atoms with Gasteiger partial charge in [0.15, 0.2) is 6.61 Å². The third-order valence-corrected chi connectivity index (χ3v) is 9.51. The van der Waals surface area contributed by atoms with E-state index >= 15 is 0 Å². The number of carbonyl (C=O) groups is 4. The van der Waals surface area contributed by atoms with E-state index in [0.29, 0.717) is 38.2 Å². The molecule has 0 bridgehead atoms. The van der Waals surface area contributed by atoms with Crippen molar-refractivity contribution in [3.8, 4) is 5.75 Å². The number of benzene rings is 3. The molecule has 2 aliphatic heterocycles. The maximum Gasteiger partial charge on any atom is 0.338 e. The average molecular weight is 616 g/mol. The van der Waals surface area contributed by atoms with Crippen LogP contribution >= 0.6 is 23.1 Å². The fourth-order valence-corrected chi connectivity index (χ4v) is 7.77. The molecule has 3 unspecified atom stereocenters. The van der Waals surface area contributed by atoms with Gasteiger partial charge in [0.2, 0.25) is 11.8 Å². The minimum absolute atomic E-state index is 0.262. The number of rotatable bonds is 8. The molecule has 2 N–H and O–H groups in total. The van der Waals surface area contributed by atoms with Gasteiger partial charge < -0.3 is 19.8 Å². The van der Waals surface area contributed by atoms with Gasteiger partial charge in [-0.25, -0.2) is 9.69 Å². The molecule has 43 heavy (non-hydrogen) atoms. The van der Waals surface area contributed by atoms with Crippen molar-refractivity contribution in [2.45, 2.75) is 23.1 Å². The van der Waals surface area contributed by atoms with Crippen LogP contribution in [-0.2, 0) is 19.1 Å². The minimum atomic E-state index is -0.729. The monoisotopic (exact) mass is 615 g/mol. The number of imide groups is 1. The number of thiazole rings is 1. The lowest BCUT2D eigenvalue weighted by Crippen LogP contribution is -2.32. The molecule has 1 aromatic heterocycles. The van der Waals surface area contributed by atoms with Gasteiger partial charge in [-0.3, -0.25) is 19.2 Å². The second-order valence-corrected chi connectivity index (χ2v) is 12.0. The fourth-order valence-electron chi connectivity index (χ4n) is 5.26. The number of hydrogen-bond acceptors (Lipinski definition) is 9. The van der Waals surface area contributed by atoms with Crippen LogP contribution in [0, 0.1) is 5.92 Å². The number of nitrogens with zero attached hydrogens (tertiary/aromatic N) is 1. The SMILES string of the molecule is CCOC(=O)c1ccc(NC(=O)COc2cccc(C3c4sc(=O)[nH]c4SC4C(=O)N(c5ccccc5)C(=O)C43)c2)cc1. The lowest BCUT2D eigenvalue weighted by molar-refractivity contribution is -0.122. The number of thioether (sulfide) groups is 1. The Morgan fingerprint density at radius 2 is 1.72 bits per heavy atom. The van der Waals surface area contributed by atoms with Gasteiger partial charge in [-0.15, -0.1) is 0 Å². The summed E-state index contributed by atoms with van der Waals surface area (Å²) in [6.07, 6.45) is 0. The quantitative estimate of drug-likeness (QED) is 0.220. The summed E-state index contributed by atoms with van der Waals surface area (Å²) in [5.41, 5.74) is 2.06. The number of esters is 1. The molecule has 4 aromatic rings. The zero-order chi connectivity index (χ0) is 30.1. The molecule has 3 heterocycles. The Labute approximate surface area is 254 Å². The van der Waals surface area contributed by atoms with Crippen LogP contribution in [0.2, 0.25) is 0 Å². The summed E-state index contributed by atoms with van der Waals surface area (Å²) in [5.74, 6) is -2.41. The number of hydrogen-bond donors (Lipinski definition) is 2. The normalized spacial score (nSPS) is 19.0.